The van der Waals surface area contributed by atoms with Gasteiger partial charge in [-0.1, -0.05) is 38.3 Å². The maximum absolute atomic E-state index is 6.14. The van der Waals surface area contributed by atoms with Crippen LogP contribution in [0.5, 0.6) is 11.5 Å². The highest BCUT2D eigenvalue weighted by atomic mass is 16.5. The molecule has 0 saturated carbocycles. The first-order chi connectivity index (χ1) is 15.7. The molecule has 1 aromatic heterocycles. The standard InChI is InChI=1S/C27H30N2O3/c1-4-5-6-7-8-19(2)31-25-16-13-21-17-23(10-9-22(21)18-25)27-29-28-26(32-27)20-11-14-24(30-3)15-12-20/h9-19H,4-8H2,1-3H3/t19-/m1/s1. The molecule has 4 aromatic rings. The number of hydrogen-bond donors (Lipinski definition) is 0. The molecule has 5 nitrogen and oxygen atoms in total. The number of unbranched alkanes of at least 4 members (excludes halogenated alkanes) is 3. The molecule has 1 atom stereocenters. The quantitative estimate of drug-likeness (QED) is 0.247. The normalized spacial score (nSPS) is 12.1. The van der Waals surface area contributed by atoms with Crippen molar-refractivity contribution in [2.45, 2.75) is 52.1 Å². The number of benzene rings is 3. The number of aromatic nitrogens is 2. The Balaban J connectivity index is 1.46. The van der Waals surface area contributed by atoms with Gasteiger partial charge in [0.2, 0.25) is 11.8 Å². The van der Waals surface area contributed by atoms with E-state index in [1.807, 2.05) is 36.4 Å². The van der Waals surface area contributed by atoms with Crippen LogP contribution in [0.2, 0.25) is 0 Å². The van der Waals surface area contributed by atoms with Gasteiger partial charge in [0, 0.05) is 11.1 Å². The largest absolute Gasteiger partial charge is 0.497 e. The number of hydrogen-bond acceptors (Lipinski definition) is 5. The van der Waals surface area contributed by atoms with E-state index in [1.165, 1.54) is 25.7 Å². The Labute approximate surface area is 189 Å². The van der Waals surface area contributed by atoms with Crippen LogP contribution in [0.4, 0.5) is 0 Å². The third kappa shape index (κ3) is 5.28. The minimum Gasteiger partial charge on any atom is -0.497 e. The van der Waals surface area contributed by atoms with Gasteiger partial charge in [-0.05, 0) is 79.1 Å². The van der Waals surface area contributed by atoms with Crippen molar-refractivity contribution in [3.63, 3.8) is 0 Å². The first-order valence-corrected chi connectivity index (χ1v) is 11.3. The van der Waals surface area contributed by atoms with Gasteiger partial charge in [0.1, 0.15) is 11.5 Å². The lowest BCUT2D eigenvalue weighted by molar-refractivity contribution is 0.206. The van der Waals surface area contributed by atoms with Gasteiger partial charge in [0.15, 0.2) is 0 Å². The van der Waals surface area contributed by atoms with Crippen molar-refractivity contribution in [1.29, 1.82) is 0 Å². The summed E-state index contributed by atoms with van der Waals surface area (Å²) in [5, 5.41) is 10.7. The molecule has 4 rings (SSSR count). The van der Waals surface area contributed by atoms with Crippen LogP contribution in [0.1, 0.15) is 46.0 Å². The van der Waals surface area contributed by atoms with Crippen LogP contribution in [0.15, 0.2) is 65.1 Å². The van der Waals surface area contributed by atoms with Gasteiger partial charge in [-0.25, -0.2) is 0 Å². The van der Waals surface area contributed by atoms with E-state index in [0.717, 1.165) is 39.8 Å². The molecule has 3 aromatic carbocycles. The molecule has 0 aliphatic carbocycles. The Hall–Kier alpha value is -3.34. The van der Waals surface area contributed by atoms with Crippen LogP contribution in [0.3, 0.4) is 0 Å². The Morgan fingerprint density at radius 2 is 1.44 bits per heavy atom. The van der Waals surface area contributed by atoms with E-state index in [4.69, 9.17) is 13.9 Å². The van der Waals surface area contributed by atoms with Gasteiger partial charge >= 0.3 is 0 Å². The molecule has 0 N–H and O–H groups in total. The molecule has 0 aliphatic rings. The fourth-order valence-corrected chi connectivity index (χ4v) is 3.77. The molecule has 0 bridgehead atoms. The maximum atomic E-state index is 6.14. The predicted molar refractivity (Wildman–Crippen MR) is 128 cm³/mol. The Morgan fingerprint density at radius 1 is 0.781 bits per heavy atom. The zero-order valence-corrected chi connectivity index (χ0v) is 19.0. The molecule has 0 aliphatic heterocycles. The second-order valence-electron chi connectivity index (χ2n) is 8.14. The number of ether oxygens (including phenoxy) is 2. The Bertz CT molecular complexity index is 1150. The van der Waals surface area contributed by atoms with Crippen molar-refractivity contribution in [2.75, 3.05) is 7.11 Å². The van der Waals surface area contributed by atoms with Gasteiger partial charge in [-0.2, -0.15) is 0 Å². The van der Waals surface area contributed by atoms with E-state index in [-0.39, 0.29) is 6.10 Å². The average Bonchev–Trinajstić information content (AvgIpc) is 3.32. The van der Waals surface area contributed by atoms with Gasteiger partial charge < -0.3 is 13.9 Å². The van der Waals surface area contributed by atoms with Crippen LogP contribution in [0, 0.1) is 0 Å². The highest BCUT2D eigenvalue weighted by molar-refractivity contribution is 5.87. The minimum atomic E-state index is 0.221. The SMILES string of the molecule is CCCCCC[C@@H](C)Oc1ccc2cc(-c3nnc(-c4ccc(OC)cc4)o3)ccc2c1. The van der Waals surface area contributed by atoms with Crippen molar-refractivity contribution >= 4 is 10.8 Å². The van der Waals surface area contributed by atoms with Crippen molar-refractivity contribution < 1.29 is 13.9 Å². The second kappa shape index (κ2) is 10.3. The van der Waals surface area contributed by atoms with Gasteiger partial charge in [0.05, 0.1) is 13.2 Å². The minimum absolute atomic E-state index is 0.221. The molecule has 0 fully saturated rings. The van der Waals surface area contributed by atoms with Crippen LogP contribution in [0.25, 0.3) is 33.7 Å². The Morgan fingerprint density at radius 3 is 2.19 bits per heavy atom. The second-order valence-corrected chi connectivity index (χ2v) is 8.14. The van der Waals surface area contributed by atoms with Gasteiger partial charge in [-0.3, -0.25) is 0 Å². The molecule has 32 heavy (non-hydrogen) atoms. The molecule has 5 heteroatoms. The first kappa shape index (κ1) is 21.9. The van der Waals surface area contributed by atoms with Crippen molar-refractivity contribution in [1.82, 2.24) is 10.2 Å². The smallest absolute Gasteiger partial charge is 0.248 e. The molecule has 0 amide bonds. The number of rotatable bonds is 10. The van der Waals surface area contributed by atoms with E-state index in [1.54, 1.807) is 7.11 Å². The van der Waals surface area contributed by atoms with Gasteiger partial charge in [-0.15, -0.1) is 10.2 Å². The van der Waals surface area contributed by atoms with E-state index < -0.39 is 0 Å². The molecule has 0 spiro atoms. The summed E-state index contributed by atoms with van der Waals surface area (Å²) in [4.78, 5) is 0. The maximum Gasteiger partial charge on any atom is 0.248 e. The molecule has 1 heterocycles. The molecule has 0 radical (unpaired) electrons. The van der Waals surface area contributed by atoms with Crippen LogP contribution < -0.4 is 9.47 Å². The molecular weight excluding hydrogens is 400 g/mol. The van der Waals surface area contributed by atoms with E-state index >= 15 is 0 Å². The summed E-state index contributed by atoms with van der Waals surface area (Å²) in [5.41, 5.74) is 1.75. The third-order valence-corrected chi connectivity index (χ3v) is 5.62. The summed E-state index contributed by atoms with van der Waals surface area (Å²) in [6, 6.07) is 19.9. The molecule has 166 valence electrons. The molecule has 0 unspecified atom stereocenters. The lowest BCUT2D eigenvalue weighted by atomic mass is 10.1. The Kier molecular flexibility index (Phi) is 7.05. The topological polar surface area (TPSA) is 57.4 Å². The average molecular weight is 431 g/mol. The monoisotopic (exact) mass is 430 g/mol. The molecular formula is C27H30N2O3. The van der Waals surface area contributed by atoms with Crippen molar-refractivity contribution in [2.24, 2.45) is 0 Å². The van der Waals surface area contributed by atoms with Crippen LogP contribution in [-0.2, 0) is 0 Å². The summed E-state index contributed by atoms with van der Waals surface area (Å²) >= 11 is 0. The highest BCUT2D eigenvalue weighted by Crippen LogP contribution is 2.29. The third-order valence-electron chi connectivity index (χ3n) is 5.62. The summed E-state index contributed by atoms with van der Waals surface area (Å²) < 4.78 is 17.3. The summed E-state index contributed by atoms with van der Waals surface area (Å²) in [6.45, 7) is 4.38. The summed E-state index contributed by atoms with van der Waals surface area (Å²) in [6.07, 6.45) is 6.36. The zero-order valence-electron chi connectivity index (χ0n) is 19.0. The van der Waals surface area contributed by atoms with Crippen molar-refractivity contribution in [3.05, 3.63) is 60.7 Å². The van der Waals surface area contributed by atoms with Crippen LogP contribution >= 0.6 is 0 Å². The number of methoxy groups -OCH3 is 1. The van der Waals surface area contributed by atoms with Crippen molar-refractivity contribution in [3.8, 4) is 34.4 Å². The highest BCUT2D eigenvalue weighted by Gasteiger charge is 2.12. The summed E-state index contributed by atoms with van der Waals surface area (Å²) in [5.74, 6) is 2.68. The zero-order chi connectivity index (χ0) is 22.3. The summed E-state index contributed by atoms with van der Waals surface area (Å²) in [7, 11) is 1.64. The number of nitrogens with zero attached hydrogens (tertiary/aromatic N) is 2. The lowest BCUT2D eigenvalue weighted by Gasteiger charge is -2.15. The van der Waals surface area contributed by atoms with Crippen LogP contribution in [-0.4, -0.2) is 23.4 Å². The van der Waals surface area contributed by atoms with E-state index in [9.17, 15) is 0 Å². The van der Waals surface area contributed by atoms with E-state index in [2.05, 4.69) is 48.3 Å². The lowest BCUT2D eigenvalue weighted by Crippen LogP contribution is -2.11. The fraction of sp³-hybridized carbons (Fsp3) is 0.333. The predicted octanol–water partition coefficient (Wildman–Crippen LogP) is 7.30. The first-order valence-electron chi connectivity index (χ1n) is 11.3. The number of fused-ring (bicyclic) bond motifs is 1. The molecule has 0 saturated heterocycles. The van der Waals surface area contributed by atoms with Gasteiger partial charge in [0.25, 0.3) is 0 Å². The fourth-order valence-electron chi connectivity index (χ4n) is 3.77. The van der Waals surface area contributed by atoms with E-state index in [0.29, 0.717) is 11.8 Å².